The van der Waals surface area contributed by atoms with Crippen molar-refractivity contribution in [2.24, 2.45) is 11.8 Å². The van der Waals surface area contributed by atoms with Crippen molar-refractivity contribution in [1.29, 1.82) is 0 Å². The quantitative estimate of drug-likeness (QED) is 0.576. The second kappa shape index (κ2) is 5.30. The molecule has 1 rings (SSSR count). The third-order valence-electron chi connectivity index (χ3n) is 3.20. The summed E-state index contributed by atoms with van der Waals surface area (Å²) in [7, 11) is 0. The van der Waals surface area contributed by atoms with Crippen LogP contribution in [-0.4, -0.2) is 23.2 Å². The maximum Gasteiger partial charge on any atom is 0.303 e. The van der Waals surface area contributed by atoms with Crippen molar-refractivity contribution < 1.29 is 14.3 Å². The van der Waals surface area contributed by atoms with E-state index in [0.717, 1.165) is 6.42 Å². The third kappa shape index (κ3) is 2.94. The highest BCUT2D eigenvalue weighted by Crippen LogP contribution is 2.36. The van der Waals surface area contributed by atoms with Gasteiger partial charge in [-0.05, 0) is 12.3 Å². The topological polar surface area (TPSA) is 35.5 Å². The molecular formula is C11H19BrO3. The standard InChI is InChI=1S/C11H19BrO3/c1-5-9-6(2)7(3)10(11(12)15-9)14-8(4)13/h6-7,9-11H,5H2,1-4H3/t6-,7-,9?,10?,11-/m1/s1. The molecule has 0 aromatic heterocycles. The van der Waals surface area contributed by atoms with E-state index in [1.807, 2.05) is 0 Å². The van der Waals surface area contributed by atoms with E-state index in [0.29, 0.717) is 11.8 Å². The van der Waals surface area contributed by atoms with Gasteiger partial charge in [-0.15, -0.1) is 0 Å². The SMILES string of the molecule is CCC1O[C@@H](Br)C(OC(C)=O)[C@H](C)[C@H]1C. The van der Waals surface area contributed by atoms with Crippen LogP contribution in [0.25, 0.3) is 0 Å². The molecule has 1 aliphatic heterocycles. The van der Waals surface area contributed by atoms with Gasteiger partial charge in [0, 0.05) is 12.8 Å². The van der Waals surface area contributed by atoms with E-state index in [9.17, 15) is 4.79 Å². The van der Waals surface area contributed by atoms with Crippen LogP contribution in [0.1, 0.15) is 34.1 Å². The molecule has 0 aromatic carbocycles. The van der Waals surface area contributed by atoms with Crippen LogP contribution in [0.15, 0.2) is 0 Å². The smallest absolute Gasteiger partial charge is 0.303 e. The van der Waals surface area contributed by atoms with Crippen LogP contribution in [0.2, 0.25) is 0 Å². The summed E-state index contributed by atoms with van der Waals surface area (Å²) in [6.07, 6.45) is 1.05. The fraction of sp³-hybridized carbons (Fsp3) is 0.909. The average molecular weight is 279 g/mol. The van der Waals surface area contributed by atoms with Gasteiger partial charge in [-0.3, -0.25) is 4.79 Å². The van der Waals surface area contributed by atoms with Crippen molar-refractivity contribution in [1.82, 2.24) is 0 Å². The highest BCUT2D eigenvalue weighted by atomic mass is 79.9. The molecule has 0 saturated carbocycles. The number of carbonyl (C=O) groups excluding carboxylic acids is 1. The second-order valence-electron chi connectivity index (χ2n) is 4.23. The van der Waals surface area contributed by atoms with Crippen molar-refractivity contribution in [3.05, 3.63) is 0 Å². The number of ether oxygens (including phenoxy) is 2. The number of alkyl halides is 1. The maximum absolute atomic E-state index is 11.0. The van der Waals surface area contributed by atoms with Crippen molar-refractivity contribution in [3.63, 3.8) is 0 Å². The molecule has 1 aliphatic rings. The largest absolute Gasteiger partial charge is 0.459 e. The third-order valence-corrected chi connectivity index (χ3v) is 3.94. The summed E-state index contributed by atoms with van der Waals surface area (Å²) in [4.78, 5) is 11.0. The molecule has 0 aliphatic carbocycles. The Labute approximate surface area is 99.6 Å². The van der Waals surface area contributed by atoms with E-state index in [-0.39, 0.29) is 23.2 Å². The van der Waals surface area contributed by atoms with Gasteiger partial charge in [0.05, 0.1) is 6.10 Å². The van der Waals surface area contributed by atoms with Gasteiger partial charge in [-0.2, -0.15) is 0 Å². The summed E-state index contributed by atoms with van der Waals surface area (Å²) in [6, 6.07) is 0. The van der Waals surface area contributed by atoms with Crippen molar-refractivity contribution in [2.75, 3.05) is 0 Å². The molecule has 4 heteroatoms. The van der Waals surface area contributed by atoms with Crippen molar-refractivity contribution in [3.8, 4) is 0 Å². The molecule has 2 unspecified atom stereocenters. The fourth-order valence-corrected chi connectivity index (χ4v) is 2.93. The minimum Gasteiger partial charge on any atom is -0.459 e. The van der Waals surface area contributed by atoms with Crippen LogP contribution < -0.4 is 0 Å². The van der Waals surface area contributed by atoms with Crippen LogP contribution in [0.4, 0.5) is 0 Å². The summed E-state index contributed by atoms with van der Waals surface area (Å²) in [6.45, 7) is 7.80. The van der Waals surface area contributed by atoms with Crippen LogP contribution >= 0.6 is 15.9 Å². The normalized spacial score (nSPS) is 41.3. The number of rotatable bonds is 2. The molecule has 0 N–H and O–H groups in total. The molecule has 0 aromatic rings. The Hall–Kier alpha value is -0.0900. The van der Waals surface area contributed by atoms with Gasteiger partial charge in [0.25, 0.3) is 0 Å². The molecule has 5 atom stereocenters. The first-order valence-electron chi connectivity index (χ1n) is 5.44. The fourth-order valence-electron chi connectivity index (χ4n) is 2.07. The number of hydrogen-bond acceptors (Lipinski definition) is 3. The molecule has 1 saturated heterocycles. The predicted octanol–water partition coefficient (Wildman–Crippen LogP) is 2.72. The minimum absolute atomic E-state index is 0.180. The first kappa shape index (κ1) is 13.0. The van der Waals surface area contributed by atoms with Crippen LogP contribution in [0, 0.1) is 11.8 Å². The van der Waals surface area contributed by atoms with E-state index in [1.165, 1.54) is 6.92 Å². The molecule has 88 valence electrons. The Kier molecular flexibility index (Phi) is 4.59. The van der Waals surface area contributed by atoms with E-state index in [4.69, 9.17) is 9.47 Å². The van der Waals surface area contributed by atoms with Crippen LogP contribution in [-0.2, 0) is 14.3 Å². The molecule has 15 heavy (non-hydrogen) atoms. The van der Waals surface area contributed by atoms with Crippen LogP contribution in [0.5, 0.6) is 0 Å². The summed E-state index contributed by atoms with van der Waals surface area (Å²) in [5.74, 6) is 0.479. The van der Waals surface area contributed by atoms with Gasteiger partial charge in [-0.1, -0.05) is 36.7 Å². The lowest BCUT2D eigenvalue weighted by molar-refractivity contribution is -0.175. The van der Waals surface area contributed by atoms with Gasteiger partial charge in [0.1, 0.15) is 11.1 Å². The Morgan fingerprint density at radius 1 is 1.40 bits per heavy atom. The van der Waals surface area contributed by atoms with E-state index >= 15 is 0 Å². The number of halogens is 1. The van der Waals surface area contributed by atoms with Gasteiger partial charge in [0.15, 0.2) is 0 Å². The highest BCUT2D eigenvalue weighted by Gasteiger charge is 2.41. The molecular weight excluding hydrogens is 260 g/mol. The van der Waals surface area contributed by atoms with Crippen molar-refractivity contribution in [2.45, 2.75) is 51.3 Å². The lowest BCUT2D eigenvalue weighted by atomic mass is 9.83. The zero-order chi connectivity index (χ0) is 11.6. The Morgan fingerprint density at radius 2 is 2.00 bits per heavy atom. The Morgan fingerprint density at radius 3 is 2.47 bits per heavy atom. The highest BCUT2D eigenvalue weighted by molar-refractivity contribution is 9.09. The number of esters is 1. The van der Waals surface area contributed by atoms with Gasteiger partial charge < -0.3 is 9.47 Å². The van der Waals surface area contributed by atoms with E-state index < -0.39 is 0 Å². The average Bonchev–Trinajstić information content (AvgIpc) is 2.18. The minimum atomic E-state index is -0.248. The predicted molar refractivity (Wildman–Crippen MR) is 61.8 cm³/mol. The Balaban J connectivity index is 2.70. The van der Waals surface area contributed by atoms with Gasteiger partial charge in [-0.25, -0.2) is 0 Å². The summed E-state index contributed by atoms with van der Waals surface area (Å²) < 4.78 is 11.0. The van der Waals surface area contributed by atoms with E-state index in [1.54, 1.807) is 0 Å². The molecule has 0 radical (unpaired) electrons. The molecule has 0 bridgehead atoms. The zero-order valence-corrected chi connectivity index (χ0v) is 11.3. The molecule has 3 nitrogen and oxygen atoms in total. The monoisotopic (exact) mass is 278 g/mol. The summed E-state index contributed by atoms with van der Waals surface area (Å²) >= 11 is 3.43. The Bertz CT molecular complexity index is 232. The zero-order valence-electron chi connectivity index (χ0n) is 9.70. The molecule has 0 spiro atoms. The first-order valence-corrected chi connectivity index (χ1v) is 6.35. The summed E-state index contributed by atoms with van der Waals surface area (Å²) in [5.41, 5.74) is 0. The molecule has 1 heterocycles. The lowest BCUT2D eigenvalue weighted by Gasteiger charge is -2.41. The molecule has 0 amide bonds. The van der Waals surface area contributed by atoms with Crippen molar-refractivity contribution >= 4 is 21.9 Å². The van der Waals surface area contributed by atoms with Crippen LogP contribution in [0.3, 0.4) is 0 Å². The maximum atomic E-state index is 11.0. The number of hydrogen-bond donors (Lipinski definition) is 0. The van der Waals surface area contributed by atoms with Gasteiger partial charge >= 0.3 is 5.97 Å². The van der Waals surface area contributed by atoms with E-state index in [2.05, 4.69) is 36.7 Å². The summed E-state index contributed by atoms with van der Waals surface area (Å²) in [5, 5.41) is -0.183. The van der Waals surface area contributed by atoms with Gasteiger partial charge in [0.2, 0.25) is 0 Å². The first-order chi connectivity index (χ1) is 6.97. The number of carbonyl (C=O) groups is 1. The second-order valence-corrected chi connectivity index (χ2v) is 5.13. The lowest BCUT2D eigenvalue weighted by Crippen LogP contribution is -2.48. The molecule has 1 fully saturated rings.